The van der Waals surface area contributed by atoms with Gasteiger partial charge in [-0.3, -0.25) is 0 Å². The highest BCUT2D eigenvalue weighted by molar-refractivity contribution is 5.26. The molecule has 5 nitrogen and oxygen atoms in total. The average Bonchev–Trinajstić information content (AvgIpc) is 2.72. The number of hydrogen-bond acceptors (Lipinski definition) is 5. The molecule has 1 saturated heterocycles. The van der Waals surface area contributed by atoms with Gasteiger partial charge in [0.15, 0.2) is 0 Å². The maximum atomic E-state index is 5.74. The minimum atomic E-state index is 0.504. The van der Waals surface area contributed by atoms with E-state index in [2.05, 4.69) is 34.3 Å². The fraction of sp³-hybridized carbons (Fsp3) is 0.846. The molecule has 2 rings (SSSR count). The summed E-state index contributed by atoms with van der Waals surface area (Å²) in [6, 6.07) is 1.20. The van der Waals surface area contributed by atoms with E-state index in [1.807, 2.05) is 0 Å². The molecule has 1 aliphatic rings. The number of aromatic nitrogens is 2. The third-order valence-electron chi connectivity index (χ3n) is 3.46. The van der Waals surface area contributed by atoms with E-state index in [4.69, 9.17) is 4.42 Å². The molecule has 2 heterocycles. The topological polar surface area (TPSA) is 54.2 Å². The van der Waals surface area contributed by atoms with Crippen LogP contribution in [0.3, 0.4) is 0 Å². The van der Waals surface area contributed by atoms with Crippen molar-refractivity contribution in [3.05, 3.63) is 5.89 Å². The Hall–Kier alpha value is -1.10. The summed E-state index contributed by atoms with van der Waals surface area (Å²) >= 11 is 0. The van der Waals surface area contributed by atoms with Gasteiger partial charge in [-0.2, -0.15) is 0 Å². The van der Waals surface area contributed by atoms with Gasteiger partial charge in [0.05, 0.1) is 6.54 Å². The van der Waals surface area contributed by atoms with Crippen molar-refractivity contribution in [3.63, 3.8) is 0 Å². The van der Waals surface area contributed by atoms with Gasteiger partial charge in [0.25, 0.3) is 0 Å². The van der Waals surface area contributed by atoms with Crippen LogP contribution in [0.1, 0.15) is 51.8 Å². The number of rotatable bonds is 5. The quantitative estimate of drug-likeness (QED) is 0.815. The summed E-state index contributed by atoms with van der Waals surface area (Å²) in [6.45, 7) is 7.07. The van der Waals surface area contributed by atoms with Crippen molar-refractivity contribution in [3.8, 4) is 0 Å². The molecule has 5 heteroatoms. The van der Waals surface area contributed by atoms with E-state index in [0.717, 1.165) is 19.5 Å². The SMILES string of the molecule is CCCNCc1nnc(N2CCCCCC2C)o1. The molecule has 0 aliphatic carbocycles. The molecule has 1 aromatic rings. The van der Waals surface area contributed by atoms with Crippen LogP contribution in [0.4, 0.5) is 6.01 Å². The predicted molar refractivity (Wildman–Crippen MR) is 71.6 cm³/mol. The van der Waals surface area contributed by atoms with Gasteiger partial charge < -0.3 is 14.6 Å². The van der Waals surface area contributed by atoms with Gasteiger partial charge in [-0.1, -0.05) is 24.9 Å². The molecule has 18 heavy (non-hydrogen) atoms. The summed E-state index contributed by atoms with van der Waals surface area (Å²) in [6.07, 6.45) is 6.16. The largest absolute Gasteiger partial charge is 0.407 e. The first-order valence-corrected chi connectivity index (χ1v) is 7.11. The lowest BCUT2D eigenvalue weighted by Gasteiger charge is -2.24. The smallest absolute Gasteiger partial charge is 0.318 e. The van der Waals surface area contributed by atoms with Crippen molar-refractivity contribution in [2.24, 2.45) is 0 Å². The molecule has 0 saturated carbocycles. The molecule has 1 unspecified atom stereocenters. The molecule has 0 amide bonds. The number of nitrogens with zero attached hydrogens (tertiary/aromatic N) is 3. The van der Waals surface area contributed by atoms with Crippen LogP contribution >= 0.6 is 0 Å². The van der Waals surface area contributed by atoms with Gasteiger partial charge in [-0.05, 0) is 32.7 Å². The van der Waals surface area contributed by atoms with Gasteiger partial charge in [0.2, 0.25) is 5.89 Å². The van der Waals surface area contributed by atoms with Gasteiger partial charge in [0.1, 0.15) is 0 Å². The van der Waals surface area contributed by atoms with Crippen LogP contribution in [0.2, 0.25) is 0 Å². The van der Waals surface area contributed by atoms with Crippen molar-refractivity contribution in [2.75, 3.05) is 18.0 Å². The van der Waals surface area contributed by atoms with Crippen molar-refractivity contribution >= 4 is 6.01 Å². The second-order valence-corrected chi connectivity index (χ2v) is 5.05. The van der Waals surface area contributed by atoms with Crippen LogP contribution < -0.4 is 10.2 Å². The van der Waals surface area contributed by atoms with E-state index >= 15 is 0 Å². The maximum absolute atomic E-state index is 5.74. The lowest BCUT2D eigenvalue weighted by Crippen LogP contribution is -2.32. The third kappa shape index (κ3) is 3.45. The first-order valence-electron chi connectivity index (χ1n) is 7.11. The Bertz CT molecular complexity index is 353. The summed E-state index contributed by atoms with van der Waals surface area (Å²) in [5.41, 5.74) is 0. The van der Waals surface area contributed by atoms with Gasteiger partial charge >= 0.3 is 6.01 Å². The minimum Gasteiger partial charge on any atom is -0.407 e. The summed E-state index contributed by atoms with van der Waals surface area (Å²) < 4.78 is 5.74. The Morgan fingerprint density at radius 2 is 2.22 bits per heavy atom. The maximum Gasteiger partial charge on any atom is 0.318 e. The van der Waals surface area contributed by atoms with E-state index < -0.39 is 0 Å². The zero-order valence-corrected chi connectivity index (χ0v) is 11.5. The van der Waals surface area contributed by atoms with Gasteiger partial charge in [-0.15, -0.1) is 5.10 Å². The second-order valence-electron chi connectivity index (χ2n) is 5.05. The number of nitrogens with one attached hydrogen (secondary N) is 1. The van der Waals surface area contributed by atoms with Crippen LogP contribution in [-0.2, 0) is 6.54 Å². The summed E-state index contributed by atoms with van der Waals surface area (Å²) in [5, 5.41) is 11.6. The number of anilines is 1. The highest BCUT2D eigenvalue weighted by atomic mass is 16.4. The van der Waals surface area contributed by atoms with E-state index in [9.17, 15) is 0 Å². The van der Waals surface area contributed by atoms with Crippen LogP contribution in [0, 0.1) is 0 Å². The molecule has 1 aliphatic heterocycles. The van der Waals surface area contributed by atoms with Crippen molar-refractivity contribution in [2.45, 2.75) is 58.5 Å². The Balaban J connectivity index is 1.95. The highest BCUT2D eigenvalue weighted by Gasteiger charge is 2.21. The second kappa shape index (κ2) is 6.73. The first kappa shape index (κ1) is 13.3. The van der Waals surface area contributed by atoms with Crippen LogP contribution in [0.5, 0.6) is 0 Å². The Morgan fingerprint density at radius 1 is 1.33 bits per heavy atom. The fourth-order valence-corrected chi connectivity index (χ4v) is 2.36. The highest BCUT2D eigenvalue weighted by Crippen LogP contribution is 2.22. The standard InChI is InChI=1S/C13H24N4O/c1-3-8-14-10-12-15-16-13(18-12)17-9-6-4-5-7-11(17)2/h11,14H,3-10H2,1-2H3. The summed E-state index contributed by atoms with van der Waals surface area (Å²) in [5.74, 6) is 0.690. The lowest BCUT2D eigenvalue weighted by atomic mass is 10.1. The molecule has 1 fully saturated rings. The molecular formula is C13H24N4O. The molecule has 0 bridgehead atoms. The van der Waals surface area contributed by atoms with Crippen molar-refractivity contribution in [1.82, 2.24) is 15.5 Å². The first-order chi connectivity index (χ1) is 8.81. The van der Waals surface area contributed by atoms with E-state index in [1.165, 1.54) is 25.7 Å². The molecular weight excluding hydrogens is 228 g/mol. The molecule has 0 spiro atoms. The van der Waals surface area contributed by atoms with Crippen LogP contribution in [0.25, 0.3) is 0 Å². The zero-order valence-electron chi connectivity index (χ0n) is 11.5. The average molecular weight is 252 g/mol. The third-order valence-corrected chi connectivity index (χ3v) is 3.46. The zero-order chi connectivity index (χ0) is 12.8. The Morgan fingerprint density at radius 3 is 3.06 bits per heavy atom. The van der Waals surface area contributed by atoms with E-state index in [1.54, 1.807) is 0 Å². The Labute approximate surface area is 109 Å². The van der Waals surface area contributed by atoms with E-state index in [0.29, 0.717) is 24.5 Å². The van der Waals surface area contributed by atoms with Crippen molar-refractivity contribution in [1.29, 1.82) is 0 Å². The molecule has 1 atom stereocenters. The molecule has 102 valence electrons. The molecule has 1 N–H and O–H groups in total. The lowest BCUT2D eigenvalue weighted by molar-refractivity contribution is 0.448. The van der Waals surface area contributed by atoms with Gasteiger partial charge in [-0.25, -0.2) is 0 Å². The van der Waals surface area contributed by atoms with Crippen LogP contribution in [-0.4, -0.2) is 29.3 Å². The monoisotopic (exact) mass is 252 g/mol. The molecule has 0 aromatic carbocycles. The summed E-state index contributed by atoms with van der Waals surface area (Å²) in [4.78, 5) is 2.25. The van der Waals surface area contributed by atoms with Gasteiger partial charge in [0, 0.05) is 12.6 Å². The van der Waals surface area contributed by atoms with Crippen LogP contribution in [0.15, 0.2) is 4.42 Å². The molecule has 1 aromatic heterocycles. The minimum absolute atomic E-state index is 0.504. The predicted octanol–water partition coefficient (Wildman–Crippen LogP) is 2.34. The molecule has 0 radical (unpaired) electrons. The number of hydrogen-bond donors (Lipinski definition) is 1. The normalized spacial score (nSPS) is 21.0. The summed E-state index contributed by atoms with van der Waals surface area (Å²) in [7, 11) is 0. The Kier molecular flexibility index (Phi) is 4.99. The fourth-order valence-electron chi connectivity index (χ4n) is 2.36. The van der Waals surface area contributed by atoms with E-state index in [-0.39, 0.29) is 0 Å². The van der Waals surface area contributed by atoms with Crippen molar-refractivity contribution < 1.29 is 4.42 Å².